The molecule has 2 heterocycles. The number of aryl methyl sites for hydroxylation is 1. The zero-order valence-corrected chi connectivity index (χ0v) is 12.0. The first-order valence-corrected chi connectivity index (χ1v) is 6.78. The number of carbonyl (C=O) groups is 2. The van der Waals surface area contributed by atoms with E-state index in [2.05, 4.69) is 15.6 Å². The van der Waals surface area contributed by atoms with E-state index in [-0.39, 0.29) is 11.8 Å². The highest BCUT2D eigenvalue weighted by Gasteiger charge is 2.19. The molecule has 0 radical (unpaired) electrons. The summed E-state index contributed by atoms with van der Waals surface area (Å²) in [4.78, 5) is 27.7. The van der Waals surface area contributed by atoms with Crippen LogP contribution in [0.5, 0.6) is 0 Å². The van der Waals surface area contributed by atoms with Crippen molar-refractivity contribution in [2.75, 3.05) is 10.6 Å². The minimum absolute atomic E-state index is 0.0553. The van der Waals surface area contributed by atoms with Crippen LogP contribution in [0.3, 0.4) is 0 Å². The number of nitrogens with one attached hydrogen (secondary N) is 2. The number of rotatable bonds is 2. The maximum absolute atomic E-state index is 12.3. The van der Waals surface area contributed by atoms with Crippen molar-refractivity contribution in [1.29, 1.82) is 0 Å². The van der Waals surface area contributed by atoms with E-state index < -0.39 is 0 Å². The predicted molar refractivity (Wildman–Crippen MR) is 80.7 cm³/mol. The lowest BCUT2D eigenvalue weighted by molar-refractivity contribution is -0.115. The van der Waals surface area contributed by atoms with Gasteiger partial charge in [-0.3, -0.25) is 9.59 Å². The van der Waals surface area contributed by atoms with Crippen LogP contribution >= 0.6 is 11.6 Å². The third-order valence-electron chi connectivity index (χ3n) is 3.29. The molecule has 1 aromatic carbocycles. The summed E-state index contributed by atoms with van der Waals surface area (Å²) < 4.78 is 0. The second-order valence-electron chi connectivity index (χ2n) is 4.82. The molecule has 5 nitrogen and oxygen atoms in total. The molecule has 0 fully saturated rings. The fourth-order valence-electron chi connectivity index (χ4n) is 2.23. The number of fused-ring (bicyclic) bond motifs is 1. The highest BCUT2D eigenvalue weighted by molar-refractivity contribution is 6.29. The van der Waals surface area contributed by atoms with Crippen molar-refractivity contribution in [3.05, 3.63) is 52.3 Å². The van der Waals surface area contributed by atoms with Gasteiger partial charge in [-0.1, -0.05) is 11.6 Å². The molecule has 2 aromatic rings. The minimum Gasteiger partial charge on any atom is -0.326 e. The van der Waals surface area contributed by atoms with Gasteiger partial charge < -0.3 is 10.6 Å². The van der Waals surface area contributed by atoms with Gasteiger partial charge in [-0.15, -0.1) is 0 Å². The lowest BCUT2D eigenvalue weighted by atomic mass is 10.1. The predicted octanol–water partition coefficient (Wildman–Crippen LogP) is 2.79. The van der Waals surface area contributed by atoms with Crippen molar-refractivity contribution in [2.24, 2.45) is 0 Å². The summed E-state index contributed by atoms with van der Waals surface area (Å²) in [5, 5.41) is 5.91. The van der Waals surface area contributed by atoms with E-state index >= 15 is 0 Å². The Labute approximate surface area is 126 Å². The fraction of sp³-hybridized carbons (Fsp3) is 0.133. The molecule has 0 bridgehead atoms. The zero-order chi connectivity index (χ0) is 15.0. The molecule has 0 atom stereocenters. The Hall–Kier alpha value is -2.40. The van der Waals surface area contributed by atoms with Gasteiger partial charge in [0.2, 0.25) is 5.91 Å². The van der Waals surface area contributed by atoms with Crippen molar-refractivity contribution in [3.8, 4) is 0 Å². The van der Waals surface area contributed by atoms with Crippen LogP contribution in [0, 0.1) is 6.92 Å². The van der Waals surface area contributed by atoms with Gasteiger partial charge in [0.05, 0.1) is 17.8 Å². The monoisotopic (exact) mass is 301 g/mol. The number of pyridine rings is 1. The van der Waals surface area contributed by atoms with E-state index in [1.54, 1.807) is 37.3 Å². The molecule has 0 unspecified atom stereocenters. The van der Waals surface area contributed by atoms with Crippen LogP contribution in [0.25, 0.3) is 0 Å². The molecule has 0 saturated carbocycles. The van der Waals surface area contributed by atoms with Crippen molar-refractivity contribution >= 4 is 34.8 Å². The molecule has 106 valence electrons. The van der Waals surface area contributed by atoms with Gasteiger partial charge in [0.15, 0.2) is 0 Å². The van der Waals surface area contributed by atoms with Crippen molar-refractivity contribution in [3.63, 3.8) is 0 Å². The maximum atomic E-state index is 12.3. The van der Waals surface area contributed by atoms with Crippen molar-refractivity contribution in [2.45, 2.75) is 13.3 Å². The van der Waals surface area contributed by atoms with Crippen molar-refractivity contribution < 1.29 is 9.59 Å². The Morgan fingerprint density at radius 1 is 1.33 bits per heavy atom. The largest absolute Gasteiger partial charge is 0.326 e. The van der Waals surface area contributed by atoms with Crippen molar-refractivity contribution in [1.82, 2.24) is 4.98 Å². The first kappa shape index (κ1) is 13.6. The Morgan fingerprint density at radius 2 is 2.14 bits per heavy atom. The van der Waals surface area contributed by atoms with Gasteiger partial charge in [-0.05, 0) is 42.8 Å². The van der Waals surface area contributed by atoms with E-state index in [9.17, 15) is 9.59 Å². The van der Waals surface area contributed by atoms with Crippen LogP contribution in [0.1, 0.15) is 21.6 Å². The maximum Gasteiger partial charge on any atom is 0.255 e. The normalized spacial score (nSPS) is 12.8. The van der Waals surface area contributed by atoms with Gasteiger partial charge in [-0.2, -0.15) is 0 Å². The zero-order valence-electron chi connectivity index (χ0n) is 11.2. The molecule has 6 heteroatoms. The highest BCUT2D eigenvalue weighted by atomic mass is 35.5. The first-order chi connectivity index (χ1) is 10.0. The molecule has 3 rings (SSSR count). The molecular formula is C15H12ClN3O2. The van der Waals surface area contributed by atoms with Crippen LogP contribution in [0.15, 0.2) is 30.3 Å². The average Bonchev–Trinajstić information content (AvgIpc) is 2.80. The summed E-state index contributed by atoms with van der Waals surface area (Å²) in [6.45, 7) is 1.77. The second kappa shape index (κ2) is 5.18. The molecule has 1 aromatic heterocycles. The van der Waals surface area contributed by atoms with Crippen LogP contribution in [-0.2, 0) is 11.2 Å². The molecule has 2 amide bonds. The van der Waals surface area contributed by atoms with E-state index in [0.717, 1.165) is 11.3 Å². The third kappa shape index (κ3) is 2.73. The van der Waals surface area contributed by atoms with E-state index in [0.29, 0.717) is 28.5 Å². The summed E-state index contributed by atoms with van der Waals surface area (Å²) in [7, 11) is 0. The average molecular weight is 302 g/mol. The number of hydrogen-bond donors (Lipinski definition) is 2. The molecule has 2 N–H and O–H groups in total. The van der Waals surface area contributed by atoms with Gasteiger partial charge in [0.25, 0.3) is 5.91 Å². The van der Waals surface area contributed by atoms with E-state index in [4.69, 9.17) is 11.6 Å². The van der Waals surface area contributed by atoms with Crippen LogP contribution in [0.2, 0.25) is 5.15 Å². The number of halogens is 1. The fourth-order valence-corrected chi connectivity index (χ4v) is 2.42. The number of amides is 2. The number of benzene rings is 1. The summed E-state index contributed by atoms with van der Waals surface area (Å²) >= 11 is 5.79. The molecule has 1 aliphatic heterocycles. The summed E-state index contributed by atoms with van der Waals surface area (Å²) in [5.74, 6) is -0.301. The minimum atomic E-state index is -0.246. The Bertz CT molecular complexity index is 759. The number of nitrogens with zero attached hydrogens (tertiary/aromatic N) is 1. The molecule has 0 aliphatic carbocycles. The quantitative estimate of drug-likeness (QED) is 0.838. The van der Waals surface area contributed by atoms with Gasteiger partial charge in [0.1, 0.15) is 5.15 Å². The van der Waals surface area contributed by atoms with E-state index in [1.807, 2.05) is 0 Å². The Kier molecular flexibility index (Phi) is 3.35. The lowest BCUT2D eigenvalue weighted by Gasteiger charge is -2.09. The summed E-state index contributed by atoms with van der Waals surface area (Å²) in [5.41, 5.74) is 3.35. The number of carbonyl (C=O) groups excluding carboxylic acids is 2. The van der Waals surface area contributed by atoms with Gasteiger partial charge in [-0.25, -0.2) is 4.98 Å². The Balaban J connectivity index is 1.83. The SMILES string of the molecule is Cc1nc(Cl)ccc1NC(=O)c1ccc2c(c1)CC(=O)N2. The second-order valence-corrected chi connectivity index (χ2v) is 5.21. The number of aromatic nitrogens is 1. The molecule has 21 heavy (non-hydrogen) atoms. The standard InChI is InChI=1S/C15H12ClN3O2/c1-8-11(4-5-13(16)17-8)19-15(21)9-2-3-12-10(6-9)7-14(20)18-12/h2-6H,7H2,1H3,(H,18,20)(H,19,21). The van der Waals surface area contributed by atoms with Crippen LogP contribution < -0.4 is 10.6 Å². The molecule has 0 spiro atoms. The summed E-state index contributed by atoms with van der Waals surface area (Å²) in [6.07, 6.45) is 0.304. The topological polar surface area (TPSA) is 71.1 Å². The lowest BCUT2D eigenvalue weighted by Crippen LogP contribution is -2.13. The highest BCUT2D eigenvalue weighted by Crippen LogP contribution is 2.24. The van der Waals surface area contributed by atoms with Crippen LogP contribution in [0.4, 0.5) is 11.4 Å². The Morgan fingerprint density at radius 3 is 2.90 bits per heavy atom. The number of anilines is 2. The van der Waals surface area contributed by atoms with Gasteiger partial charge in [0, 0.05) is 11.3 Å². The van der Waals surface area contributed by atoms with Gasteiger partial charge >= 0.3 is 0 Å². The first-order valence-electron chi connectivity index (χ1n) is 6.40. The summed E-state index contributed by atoms with van der Waals surface area (Å²) in [6, 6.07) is 8.47. The number of hydrogen-bond acceptors (Lipinski definition) is 3. The molecule has 1 aliphatic rings. The molecular weight excluding hydrogens is 290 g/mol. The molecule has 0 saturated heterocycles. The van der Waals surface area contributed by atoms with E-state index in [1.165, 1.54) is 0 Å². The van der Waals surface area contributed by atoms with Crippen LogP contribution in [-0.4, -0.2) is 16.8 Å². The third-order valence-corrected chi connectivity index (χ3v) is 3.50. The smallest absolute Gasteiger partial charge is 0.255 e.